The molecule has 0 saturated heterocycles. The number of ether oxygens (including phenoxy) is 1. The molecule has 2 N–H and O–H groups in total. The molecule has 1 atom stereocenters. The van der Waals surface area contributed by atoms with Crippen LogP contribution >= 0.6 is 11.3 Å². The number of anilines is 1. The molecule has 0 aliphatic heterocycles. The molecular formula is C25H21F3N4O4S. The number of carbonyl (C=O) groups excluding carboxylic acids is 2. The third kappa shape index (κ3) is 6.04. The predicted molar refractivity (Wildman–Crippen MR) is 130 cm³/mol. The number of thiazole rings is 1. The molecule has 0 spiro atoms. The summed E-state index contributed by atoms with van der Waals surface area (Å²) in [5.41, 5.74) is 3.79. The van der Waals surface area contributed by atoms with E-state index in [1.165, 1.54) is 41.3 Å². The molecule has 1 unspecified atom stereocenters. The molecule has 0 radical (unpaired) electrons. The normalized spacial score (nSPS) is 12.2. The quantitative estimate of drug-likeness (QED) is 0.242. The van der Waals surface area contributed by atoms with Crippen molar-refractivity contribution < 1.29 is 32.7 Å². The van der Waals surface area contributed by atoms with Gasteiger partial charge in [-0.2, -0.15) is 13.2 Å². The third-order valence-electron chi connectivity index (χ3n) is 5.45. The van der Waals surface area contributed by atoms with Gasteiger partial charge in [-0.15, -0.1) is 11.3 Å². The summed E-state index contributed by atoms with van der Waals surface area (Å²) in [4.78, 5) is 33.3. The molecule has 2 aromatic heterocycles. The van der Waals surface area contributed by atoms with E-state index < -0.39 is 30.5 Å². The number of alkyl halides is 3. The summed E-state index contributed by atoms with van der Waals surface area (Å²) in [6.45, 7) is 2.06. The zero-order valence-corrected chi connectivity index (χ0v) is 20.2. The number of benzene rings is 2. The van der Waals surface area contributed by atoms with Crippen molar-refractivity contribution >= 4 is 39.7 Å². The molecule has 0 aliphatic carbocycles. The number of hydrogen-bond acceptors (Lipinski definition) is 7. The number of aromatic nitrogens is 2. The van der Waals surface area contributed by atoms with Crippen molar-refractivity contribution in [3.05, 3.63) is 82.4 Å². The molecule has 12 heteroatoms. The summed E-state index contributed by atoms with van der Waals surface area (Å²) in [5.74, 6) is -2.79. The number of hydrogen-bond donors (Lipinski definition) is 2. The minimum absolute atomic E-state index is 0.0986. The Hall–Kier alpha value is -4.03. The summed E-state index contributed by atoms with van der Waals surface area (Å²) in [7, 11) is 0. The monoisotopic (exact) mass is 530 g/mol. The van der Waals surface area contributed by atoms with Crippen molar-refractivity contribution in [3.8, 4) is 5.75 Å². The fourth-order valence-corrected chi connectivity index (χ4v) is 4.59. The Morgan fingerprint density at radius 2 is 1.89 bits per heavy atom. The van der Waals surface area contributed by atoms with E-state index in [0.717, 1.165) is 33.5 Å². The highest BCUT2D eigenvalue weighted by molar-refractivity contribution is 7.09. The molecule has 4 aromatic rings. The van der Waals surface area contributed by atoms with Crippen LogP contribution in [0.3, 0.4) is 0 Å². The van der Waals surface area contributed by atoms with Crippen LogP contribution in [0.25, 0.3) is 10.9 Å². The highest BCUT2D eigenvalue weighted by Gasteiger charge is 2.46. The van der Waals surface area contributed by atoms with Crippen LogP contribution in [-0.4, -0.2) is 33.2 Å². The summed E-state index contributed by atoms with van der Waals surface area (Å²) >= 11 is 0.982. The Morgan fingerprint density at radius 3 is 2.54 bits per heavy atom. The molecule has 2 heterocycles. The Bertz CT molecular complexity index is 1400. The van der Waals surface area contributed by atoms with Gasteiger partial charge >= 0.3 is 12.1 Å². The number of nitrogens with zero attached hydrogens (tertiary/aromatic N) is 3. The largest absolute Gasteiger partial charge is 0.489 e. The fraction of sp³-hybridized carbons (Fsp3) is 0.200. The Kier molecular flexibility index (Phi) is 7.69. The second-order valence-corrected chi connectivity index (χ2v) is 8.95. The number of aryl methyl sites for hydroxylation is 1. The van der Waals surface area contributed by atoms with Crippen molar-refractivity contribution in [1.29, 1.82) is 0 Å². The van der Waals surface area contributed by atoms with Crippen LogP contribution in [0.1, 0.15) is 28.7 Å². The highest BCUT2D eigenvalue weighted by Crippen LogP contribution is 2.36. The average molecular weight is 531 g/mol. The third-order valence-corrected chi connectivity index (χ3v) is 6.33. The lowest BCUT2D eigenvalue weighted by Crippen LogP contribution is -2.45. The molecular weight excluding hydrogens is 509 g/mol. The topological polar surface area (TPSA) is 105 Å². The van der Waals surface area contributed by atoms with E-state index >= 15 is 0 Å². The summed E-state index contributed by atoms with van der Waals surface area (Å²) in [6, 6.07) is 13.5. The van der Waals surface area contributed by atoms with Gasteiger partial charge in [0.25, 0.3) is 0 Å². The van der Waals surface area contributed by atoms with Crippen LogP contribution in [-0.2, 0) is 16.2 Å². The lowest BCUT2D eigenvalue weighted by Gasteiger charge is -2.31. The number of halogens is 3. The molecule has 0 saturated carbocycles. The molecule has 37 heavy (non-hydrogen) atoms. The van der Waals surface area contributed by atoms with E-state index in [9.17, 15) is 22.8 Å². The van der Waals surface area contributed by atoms with Gasteiger partial charge in [-0.05, 0) is 43.3 Å². The average Bonchev–Trinajstić information content (AvgIpc) is 3.41. The molecule has 0 fully saturated rings. The van der Waals surface area contributed by atoms with Crippen LogP contribution in [0, 0.1) is 6.92 Å². The summed E-state index contributed by atoms with van der Waals surface area (Å²) in [5, 5.41) is 11.5. The molecule has 4 rings (SSSR count). The highest BCUT2D eigenvalue weighted by atomic mass is 32.1. The Balaban J connectivity index is 1.62. The van der Waals surface area contributed by atoms with Crippen LogP contribution in [0.15, 0.2) is 66.2 Å². The van der Waals surface area contributed by atoms with Crippen LogP contribution in [0.5, 0.6) is 5.75 Å². The number of rotatable bonds is 8. The Morgan fingerprint density at radius 1 is 1.16 bits per heavy atom. The van der Waals surface area contributed by atoms with E-state index in [2.05, 4.69) is 9.97 Å². The SMILES string of the molecule is Cc1cc(COc2ccc(N(C(=O)C(F)(F)F)C(CC(=O)NO)c3nccs3)cc2)c2ccccc2n1. The minimum Gasteiger partial charge on any atom is -0.489 e. The Labute approximate surface area is 213 Å². The van der Waals surface area contributed by atoms with Crippen LogP contribution < -0.4 is 15.1 Å². The zero-order valence-electron chi connectivity index (χ0n) is 19.4. The van der Waals surface area contributed by atoms with Crippen LogP contribution in [0.4, 0.5) is 18.9 Å². The summed E-state index contributed by atoms with van der Waals surface area (Å²) in [6.07, 6.45) is -4.51. The second kappa shape index (κ2) is 10.9. The lowest BCUT2D eigenvalue weighted by molar-refractivity contribution is -0.171. The van der Waals surface area contributed by atoms with Gasteiger partial charge in [0, 0.05) is 33.9 Å². The number of fused-ring (bicyclic) bond motifs is 1. The van der Waals surface area contributed by atoms with Gasteiger partial charge in [-0.3, -0.25) is 24.7 Å². The molecule has 2 amide bonds. The zero-order chi connectivity index (χ0) is 26.6. The maximum absolute atomic E-state index is 13.6. The number of amides is 2. The predicted octanol–water partition coefficient (Wildman–Crippen LogP) is 5.11. The maximum atomic E-state index is 13.6. The number of nitrogens with one attached hydrogen (secondary N) is 1. The number of para-hydroxylation sites is 1. The van der Waals surface area contributed by atoms with Gasteiger partial charge in [-0.1, -0.05) is 18.2 Å². The van der Waals surface area contributed by atoms with E-state index in [1.54, 1.807) is 0 Å². The first-order valence-electron chi connectivity index (χ1n) is 11.0. The maximum Gasteiger partial charge on any atom is 0.471 e. The van der Waals surface area contributed by atoms with Gasteiger partial charge < -0.3 is 4.74 Å². The molecule has 0 bridgehead atoms. The van der Waals surface area contributed by atoms with E-state index in [0.29, 0.717) is 10.6 Å². The first-order chi connectivity index (χ1) is 17.7. The number of carbonyl (C=O) groups is 2. The first kappa shape index (κ1) is 26.0. The molecule has 0 aliphatic rings. The lowest BCUT2D eigenvalue weighted by atomic mass is 10.1. The number of pyridine rings is 1. The van der Waals surface area contributed by atoms with Crippen molar-refractivity contribution in [3.63, 3.8) is 0 Å². The molecule has 192 valence electrons. The van der Waals surface area contributed by atoms with Crippen molar-refractivity contribution in [1.82, 2.24) is 15.4 Å². The van der Waals surface area contributed by atoms with E-state index in [-0.39, 0.29) is 17.3 Å². The van der Waals surface area contributed by atoms with Gasteiger partial charge in [0.2, 0.25) is 5.91 Å². The second-order valence-electron chi connectivity index (χ2n) is 8.02. The van der Waals surface area contributed by atoms with E-state index in [1.807, 2.05) is 37.3 Å². The standard InChI is InChI=1S/C25H21F3N4O4S/c1-15-12-16(19-4-2-3-5-20(19)30-15)14-36-18-8-6-17(7-9-18)32(24(34)25(26,27)28)21(13-22(33)31-35)23-29-10-11-37-23/h2-12,21,35H,13-14H2,1H3,(H,31,33). The van der Waals surface area contributed by atoms with E-state index in [4.69, 9.17) is 9.94 Å². The fourth-order valence-electron chi connectivity index (χ4n) is 3.86. The first-order valence-corrected chi connectivity index (χ1v) is 11.9. The van der Waals surface area contributed by atoms with Crippen molar-refractivity contribution in [2.24, 2.45) is 0 Å². The van der Waals surface area contributed by atoms with Gasteiger partial charge in [0.05, 0.1) is 18.0 Å². The summed E-state index contributed by atoms with van der Waals surface area (Å²) < 4.78 is 46.6. The van der Waals surface area contributed by atoms with Crippen molar-refractivity contribution in [2.75, 3.05) is 4.90 Å². The van der Waals surface area contributed by atoms with Crippen molar-refractivity contribution in [2.45, 2.75) is 32.2 Å². The van der Waals surface area contributed by atoms with Gasteiger partial charge in [0.1, 0.15) is 17.4 Å². The molecule has 8 nitrogen and oxygen atoms in total. The van der Waals surface area contributed by atoms with Gasteiger partial charge in [-0.25, -0.2) is 10.5 Å². The smallest absolute Gasteiger partial charge is 0.471 e. The van der Waals surface area contributed by atoms with Gasteiger partial charge in [0.15, 0.2) is 0 Å². The minimum atomic E-state index is -5.22. The number of hydroxylamine groups is 1. The molecule has 2 aromatic carbocycles. The van der Waals surface area contributed by atoms with Crippen LogP contribution in [0.2, 0.25) is 0 Å².